The van der Waals surface area contributed by atoms with Crippen molar-refractivity contribution in [2.24, 2.45) is 5.92 Å². The highest BCUT2D eigenvalue weighted by Crippen LogP contribution is 2.14. The zero-order valence-electron chi connectivity index (χ0n) is 12.3. The number of hydrogen-bond acceptors (Lipinski definition) is 4. The molecule has 0 saturated carbocycles. The smallest absolute Gasteiger partial charge is 0.272 e. The average molecular weight is 284 g/mol. The number of carbonyl (C=O) groups is 1. The summed E-state index contributed by atoms with van der Waals surface area (Å²) in [6.07, 6.45) is 0. The second-order valence-corrected chi connectivity index (χ2v) is 5.65. The lowest BCUT2D eigenvalue weighted by Gasteiger charge is -2.22. The molecule has 3 rings (SSSR count). The van der Waals surface area contributed by atoms with E-state index < -0.39 is 0 Å². The van der Waals surface area contributed by atoms with Crippen molar-refractivity contribution in [3.8, 4) is 0 Å². The topological polar surface area (TPSA) is 57.3 Å². The Bertz CT molecular complexity index is 658. The highest BCUT2D eigenvalue weighted by molar-refractivity contribution is 5.94. The Kier molecular flexibility index (Phi) is 3.86. The second kappa shape index (κ2) is 5.79. The maximum absolute atomic E-state index is 12.5. The predicted molar refractivity (Wildman–Crippen MR) is 82.8 cm³/mol. The first kappa shape index (κ1) is 14.0. The minimum absolute atomic E-state index is 0.0279. The van der Waals surface area contributed by atoms with E-state index in [1.165, 1.54) is 0 Å². The fourth-order valence-corrected chi connectivity index (χ4v) is 2.68. The highest BCUT2D eigenvalue weighted by atomic mass is 16.2. The lowest BCUT2D eigenvalue weighted by molar-refractivity contribution is 0.0767. The van der Waals surface area contributed by atoms with Gasteiger partial charge in [0, 0.05) is 37.5 Å². The maximum Gasteiger partial charge on any atom is 0.272 e. The summed E-state index contributed by atoms with van der Waals surface area (Å²) in [7, 11) is 1.84. The van der Waals surface area contributed by atoms with Crippen molar-refractivity contribution in [3.05, 3.63) is 42.1 Å². The van der Waals surface area contributed by atoms with Gasteiger partial charge in [-0.2, -0.15) is 0 Å². The van der Waals surface area contributed by atoms with Crippen LogP contribution in [0.25, 0.3) is 10.9 Å². The molecule has 1 saturated heterocycles. The summed E-state index contributed by atoms with van der Waals surface area (Å²) in [5, 5.41) is 1.05. The Labute approximate surface area is 124 Å². The molecular weight excluding hydrogens is 264 g/mol. The number of hydrogen-bond donors (Lipinski definition) is 2. The number of aromatic nitrogens is 1. The van der Waals surface area contributed by atoms with Crippen LogP contribution in [-0.2, 0) is 0 Å². The van der Waals surface area contributed by atoms with E-state index in [4.69, 9.17) is 0 Å². The Morgan fingerprint density at radius 2 is 2.14 bits per heavy atom. The maximum atomic E-state index is 12.5. The number of para-hydroxylation sites is 1. The number of hydrazine groups is 1. The number of nitrogens with one attached hydrogen (secondary N) is 2. The molecular formula is C16H20N4O. The number of pyridine rings is 1. The molecule has 110 valence electrons. The van der Waals surface area contributed by atoms with Gasteiger partial charge < -0.3 is 4.90 Å². The summed E-state index contributed by atoms with van der Waals surface area (Å²) in [5.41, 5.74) is 7.66. The van der Waals surface area contributed by atoms with Crippen molar-refractivity contribution < 1.29 is 4.79 Å². The minimum atomic E-state index is -0.0279. The molecule has 2 unspecified atom stereocenters. The molecule has 1 amide bonds. The fourth-order valence-electron chi connectivity index (χ4n) is 2.68. The summed E-state index contributed by atoms with van der Waals surface area (Å²) in [5.74, 6) is 0.388. The van der Waals surface area contributed by atoms with Gasteiger partial charge in [0.15, 0.2) is 0 Å². The van der Waals surface area contributed by atoms with E-state index in [1.807, 2.05) is 37.4 Å². The number of nitrogens with zero attached hydrogens (tertiary/aromatic N) is 2. The van der Waals surface area contributed by atoms with Crippen LogP contribution in [0.15, 0.2) is 36.4 Å². The molecule has 2 aromatic rings. The molecule has 1 fully saturated rings. The molecule has 1 aromatic heterocycles. The standard InChI is InChI=1S/C16H20N4O/c1-11-13(9-17-19-11)10-20(2)16(21)15-8-7-12-5-3-4-6-14(12)18-15/h3-8,11,13,17,19H,9-10H2,1-2H3. The van der Waals surface area contributed by atoms with Crippen LogP contribution in [0.1, 0.15) is 17.4 Å². The van der Waals surface area contributed by atoms with Crippen LogP contribution in [-0.4, -0.2) is 42.0 Å². The highest BCUT2D eigenvalue weighted by Gasteiger charge is 2.26. The monoisotopic (exact) mass is 284 g/mol. The summed E-state index contributed by atoms with van der Waals surface area (Å²) < 4.78 is 0. The van der Waals surface area contributed by atoms with Crippen LogP contribution in [0.4, 0.5) is 0 Å². The number of benzene rings is 1. The number of fused-ring (bicyclic) bond motifs is 1. The quantitative estimate of drug-likeness (QED) is 0.895. The van der Waals surface area contributed by atoms with Gasteiger partial charge in [-0.1, -0.05) is 24.3 Å². The molecule has 5 nitrogen and oxygen atoms in total. The number of amides is 1. The molecule has 1 aliphatic rings. The van der Waals surface area contributed by atoms with Gasteiger partial charge in [-0.25, -0.2) is 4.98 Å². The Morgan fingerprint density at radius 3 is 2.90 bits per heavy atom. The largest absolute Gasteiger partial charge is 0.340 e. The molecule has 1 aliphatic heterocycles. The molecule has 2 atom stereocenters. The third-order valence-corrected chi connectivity index (χ3v) is 4.07. The first-order valence-electron chi connectivity index (χ1n) is 7.25. The van der Waals surface area contributed by atoms with Gasteiger partial charge in [0.1, 0.15) is 5.69 Å². The van der Waals surface area contributed by atoms with Gasteiger partial charge in [-0.15, -0.1) is 0 Å². The average Bonchev–Trinajstić information content (AvgIpc) is 2.91. The van der Waals surface area contributed by atoms with E-state index in [0.717, 1.165) is 17.4 Å². The first-order chi connectivity index (χ1) is 10.1. The van der Waals surface area contributed by atoms with E-state index >= 15 is 0 Å². The van der Waals surface area contributed by atoms with Gasteiger partial charge in [0.25, 0.3) is 5.91 Å². The van der Waals surface area contributed by atoms with Crippen LogP contribution < -0.4 is 10.9 Å². The summed E-state index contributed by atoms with van der Waals surface area (Å²) >= 11 is 0. The van der Waals surface area contributed by atoms with E-state index in [0.29, 0.717) is 24.2 Å². The van der Waals surface area contributed by atoms with Gasteiger partial charge in [0.2, 0.25) is 0 Å². The van der Waals surface area contributed by atoms with Crippen LogP contribution in [0.3, 0.4) is 0 Å². The minimum Gasteiger partial charge on any atom is -0.340 e. The Hall–Kier alpha value is -1.98. The van der Waals surface area contributed by atoms with E-state index in [2.05, 4.69) is 22.8 Å². The summed E-state index contributed by atoms with van der Waals surface area (Å²) in [4.78, 5) is 18.7. The number of carbonyl (C=O) groups excluding carboxylic acids is 1. The Morgan fingerprint density at radius 1 is 1.33 bits per heavy atom. The molecule has 0 aliphatic carbocycles. The molecule has 21 heavy (non-hydrogen) atoms. The van der Waals surface area contributed by atoms with Gasteiger partial charge in [-0.3, -0.25) is 15.6 Å². The van der Waals surface area contributed by atoms with Crippen molar-refractivity contribution in [1.82, 2.24) is 20.7 Å². The van der Waals surface area contributed by atoms with Crippen molar-refractivity contribution in [1.29, 1.82) is 0 Å². The van der Waals surface area contributed by atoms with Gasteiger partial charge >= 0.3 is 0 Å². The summed E-state index contributed by atoms with van der Waals surface area (Å²) in [6, 6.07) is 12.0. The molecule has 2 N–H and O–H groups in total. The molecule has 5 heteroatoms. The SMILES string of the molecule is CC1NNCC1CN(C)C(=O)c1ccc2ccccc2n1. The molecule has 0 radical (unpaired) electrons. The third-order valence-electron chi connectivity index (χ3n) is 4.07. The van der Waals surface area contributed by atoms with Crippen LogP contribution in [0.5, 0.6) is 0 Å². The zero-order chi connectivity index (χ0) is 14.8. The van der Waals surface area contributed by atoms with E-state index in [-0.39, 0.29) is 5.91 Å². The number of rotatable bonds is 3. The van der Waals surface area contributed by atoms with Crippen LogP contribution >= 0.6 is 0 Å². The van der Waals surface area contributed by atoms with Crippen LogP contribution in [0.2, 0.25) is 0 Å². The lowest BCUT2D eigenvalue weighted by atomic mass is 10.0. The zero-order valence-corrected chi connectivity index (χ0v) is 12.3. The van der Waals surface area contributed by atoms with Crippen molar-refractivity contribution in [2.45, 2.75) is 13.0 Å². The Balaban J connectivity index is 1.76. The molecule has 0 bridgehead atoms. The van der Waals surface area contributed by atoms with E-state index in [1.54, 1.807) is 11.0 Å². The van der Waals surface area contributed by atoms with E-state index in [9.17, 15) is 4.79 Å². The van der Waals surface area contributed by atoms with Crippen molar-refractivity contribution in [2.75, 3.05) is 20.1 Å². The molecule has 0 spiro atoms. The third kappa shape index (κ3) is 2.89. The summed E-state index contributed by atoms with van der Waals surface area (Å²) in [6.45, 7) is 3.72. The molecule has 2 heterocycles. The van der Waals surface area contributed by atoms with Crippen molar-refractivity contribution >= 4 is 16.8 Å². The molecule has 1 aromatic carbocycles. The van der Waals surface area contributed by atoms with Crippen molar-refractivity contribution in [3.63, 3.8) is 0 Å². The van der Waals surface area contributed by atoms with Crippen LogP contribution in [0, 0.1) is 5.92 Å². The lowest BCUT2D eigenvalue weighted by Crippen LogP contribution is -2.37. The first-order valence-corrected chi connectivity index (χ1v) is 7.25. The second-order valence-electron chi connectivity index (χ2n) is 5.65. The van der Waals surface area contributed by atoms with Gasteiger partial charge in [-0.05, 0) is 19.1 Å². The normalized spacial score (nSPS) is 21.6. The fraction of sp³-hybridized carbons (Fsp3) is 0.375. The predicted octanol–water partition coefficient (Wildman–Crippen LogP) is 1.42. The van der Waals surface area contributed by atoms with Gasteiger partial charge in [0.05, 0.1) is 5.52 Å².